The average molecular weight is 294 g/mol. The molecule has 0 saturated carbocycles. The third-order valence-electron chi connectivity index (χ3n) is 2.82. The van der Waals surface area contributed by atoms with E-state index < -0.39 is 11.4 Å². The van der Waals surface area contributed by atoms with Gasteiger partial charge in [0, 0.05) is 30.6 Å². The summed E-state index contributed by atoms with van der Waals surface area (Å²) in [6.07, 6.45) is 0.869. The van der Waals surface area contributed by atoms with Gasteiger partial charge in [-0.3, -0.25) is 0 Å². The zero-order valence-electron chi connectivity index (χ0n) is 9.10. The number of aliphatic hydroxyl groups excluding tert-OH is 1. The van der Waals surface area contributed by atoms with Crippen molar-refractivity contribution in [3.05, 3.63) is 28.2 Å². The number of halogens is 2. The zero-order valence-corrected chi connectivity index (χ0v) is 11.4. The molecule has 2 atom stereocenters. The van der Waals surface area contributed by atoms with Crippen LogP contribution in [-0.2, 0) is 11.4 Å². The second-order valence-corrected chi connectivity index (χ2v) is 6.35. The van der Waals surface area contributed by atoms with E-state index in [0.717, 1.165) is 13.0 Å². The van der Waals surface area contributed by atoms with Gasteiger partial charge in [0.2, 0.25) is 0 Å². The van der Waals surface area contributed by atoms with Crippen LogP contribution in [0.15, 0.2) is 23.1 Å². The first-order chi connectivity index (χ1) is 8.11. The summed E-state index contributed by atoms with van der Waals surface area (Å²) in [6, 6.07) is 4.96. The Morgan fingerprint density at radius 3 is 2.82 bits per heavy atom. The SMILES string of the molecule is [O-][S+](c1ccc(Cl)cc1Cl)N1CCC(CO)C1. The first-order valence-corrected chi connectivity index (χ1v) is 7.21. The quantitative estimate of drug-likeness (QED) is 0.870. The van der Waals surface area contributed by atoms with Gasteiger partial charge in [-0.2, -0.15) is 0 Å². The van der Waals surface area contributed by atoms with Crippen LogP contribution >= 0.6 is 23.2 Å². The minimum atomic E-state index is -1.27. The summed E-state index contributed by atoms with van der Waals surface area (Å²) in [6.45, 7) is 1.50. The van der Waals surface area contributed by atoms with Gasteiger partial charge in [-0.25, -0.2) is 0 Å². The fourth-order valence-corrected chi connectivity index (χ4v) is 3.76. The minimum Gasteiger partial charge on any atom is -0.593 e. The second-order valence-electron chi connectivity index (χ2n) is 4.05. The summed E-state index contributed by atoms with van der Waals surface area (Å²) in [4.78, 5) is 0.578. The molecule has 1 aliphatic heterocycles. The molecule has 1 aromatic carbocycles. The Labute approximate surface area is 114 Å². The normalized spacial score (nSPS) is 22.9. The van der Waals surface area contributed by atoms with Crippen molar-refractivity contribution < 1.29 is 9.66 Å². The van der Waals surface area contributed by atoms with Gasteiger partial charge in [0.15, 0.2) is 4.90 Å². The molecule has 1 aliphatic rings. The predicted molar refractivity (Wildman–Crippen MR) is 69.6 cm³/mol. The van der Waals surface area contributed by atoms with E-state index in [1.165, 1.54) is 0 Å². The lowest BCUT2D eigenvalue weighted by Crippen LogP contribution is -2.29. The summed E-state index contributed by atoms with van der Waals surface area (Å²) < 4.78 is 14.1. The van der Waals surface area contributed by atoms with E-state index >= 15 is 0 Å². The zero-order chi connectivity index (χ0) is 12.4. The molecule has 2 unspecified atom stereocenters. The highest BCUT2D eigenvalue weighted by atomic mass is 35.5. The number of aliphatic hydroxyl groups is 1. The predicted octanol–water partition coefficient (Wildman–Crippen LogP) is 2.33. The molecule has 0 radical (unpaired) electrons. The lowest BCUT2D eigenvalue weighted by atomic mass is 10.1. The van der Waals surface area contributed by atoms with Gasteiger partial charge >= 0.3 is 0 Å². The smallest absolute Gasteiger partial charge is 0.192 e. The Balaban J connectivity index is 2.12. The molecule has 1 saturated heterocycles. The number of hydrogen-bond acceptors (Lipinski definition) is 3. The summed E-state index contributed by atoms with van der Waals surface area (Å²) in [5.74, 6) is 0.213. The van der Waals surface area contributed by atoms with Crippen LogP contribution < -0.4 is 0 Å². The molecule has 1 fully saturated rings. The van der Waals surface area contributed by atoms with Gasteiger partial charge < -0.3 is 9.66 Å². The van der Waals surface area contributed by atoms with E-state index in [1.807, 2.05) is 4.31 Å². The molecule has 0 aliphatic carbocycles. The molecular formula is C11H13Cl2NO2S. The fraction of sp³-hybridized carbons (Fsp3) is 0.455. The molecule has 3 nitrogen and oxygen atoms in total. The largest absolute Gasteiger partial charge is 0.593 e. The van der Waals surface area contributed by atoms with Crippen molar-refractivity contribution in [3.63, 3.8) is 0 Å². The van der Waals surface area contributed by atoms with Crippen LogP contribution in [0.1, 0.15) is 6.42 Å². The number of nitrogens with zero attached hydrogens (tertiary/aromatic N) is 1. The molecular weight excluding hydrogens is 281 g/mol. The van der Waals surface area contributed by atoms with Crippen LogP contribution in [0, 0.1) is 5.92 Å². The molecule has 17 heavy (non-hydrogen) atoms. The van der Waals surface area contributed by atoms with Gasteiger partial charge in [0.05, 0.1) is 16.4 Å². The van der Waals surface area contributed by atoms with Crippen molar-refractivity contribution in [1.82, 2.24) is 4.31 Å². The molecule has 1 aromatic rings. The highest BCUT2D eigenvalue weighted by molar-refractivity contribution is 7.89. The molecule has 0 aromatic heterocycles. The third kappa shape index (κ3) is 3.08. The van der Waals surface area contributed by atoms with Gasteiger partial charge in [-0.1, -0.05) is 23.2 Å². The molecule has 2 rings (SSSR count). The van der Waals surface area contributed by atoms with Crippen molar-refractivity contribution in [2.75, 3.05) is 19.7 Å². The van der Waals surface area contributed by atoms with Crippen molar-refractivity contribution >= 4 is 34.6 Å². The summed E-state index contributed by atoms with van der Waals surface area (Å²) in [5, 5.41) is 10.0. The summed E-state index contributed by atoms with van der Waals surface area (Å²) >= 11 is 10.5. The molecule has 1 heterocycles. The number of benzene rings is 1. The molecule has 0 amide bonds. The van der Waals surface area contributed by atoms with Gasteiger partial charge in [-0.15, -0.1) is 4.31 Å². The molecule has 94 valence electrons. The highest BCUT2D eigenvalue weighted by Gasteiger charge is 2.32. The molecule has 6 heteroatoms. The lowest BCUT2D eigenvalue weighted by Gasteiger charge is -2.20. The Kier molecular flexibility index (Phi) is 4.58. The van der Waals surface area contributed by atoms with Crippen LogP contribution in [0.25, 0.3) is 0 Å². The standard InChI is InChI=1S/C11H13Cl2NO2S/c12-9-1-2-11(10(13)5-9)17(16)14-4-3-8(6-14)7-15/h1-2,5,8,15H,3-4,6-7H2. The van der Waals surface area contributed by atoms with Crippen molar-refractivity contribution in [3.8, 4) is 0 Å². The van der Waals surface area contributed by atoms with E-state index in [9.17, 15) is 4.55 Å². The Morgan fingerprint density at radius 1 is 1.47 bits per heavy atom. The van der Waals surface area contributed by atoms with E-state index in [2.05, 4.69) is 0 Å². The Hall–Kier alpha value is 0.0300. The fourth-order valence-electron chi connectivity index (χ4n) is 1.85. The maximum atomic E-state index is 12.3. The van der Waals surface area contributed by atoms with Gasteiger partial charge in [0.1, 0.15) is 0 Å². The summed E-state index contributed by atoms with van der Waals surface area (Å²) in [7, 11) is 0. The Morgan fingerprint density at radius 2 is 2.24 bits per heavy atom. The molecule has 0 bridgehead atoms. The second kappa shape index (κ2) is 5.78. The maximum absolute atomic E-state index is 12.3. The minimum absolute atomic E-state index is 0.141. The first-order valence-electron chi connectivity index (χ1n) is 5.34. The van der Waals surface area contributed by atoms with Crippen LogP contribution in [0.4, 0.5) is 0 Å². The molecule has 0 spiro atoms. The number of rotatable bonds is 3. The first kappa shape index (κ1) is 13.5. The highest BCUT2D eigenvalue weighted by Crippen LogP contribution is 2.30. The maximum Gasteiger partial charge on any atom is 0.192 e. The number of hydrogen-bond donors (Lipinski definition) is 1. The van der Waals surface area contributed by atoms with Crippen molar-refractivity contribution in [1.29, 1.82) is 0 Å². The lowest BCUT2D eigenvalue weighted by molar-refractivity contribution is 0.233. The van der Waals surface area contributed by atoms with Crippen molar-refractivity contribution in [2.24, 2.45) is 5.92 Å². The Bertz CT molecular complexity index is 405. The van der Waals surface area contributed by atoms with Crippen LogP contribution in [0.5, 0.6) is 0 Å². The van der Waals surface area contributed by atoms with E-state index in [-0.39, 0.29) is 12.5 Å². The van der Waals surface area contributed by atoms with E-state index in [4.69, 9.17) is 28.3 Å². The van der Waals surface area contributed by atoms with Gasteiger partial charge in [0.25, 0.3) is 0 Å². The topological polar surface area (TPSA) is 46.5 Å². The monoisotopic (exact) mass is 293 g/mol. The average Bonchev–Trinajstić information content (AvgIpc) is 2.76. The third-order valence-corrected chi connectivity index (χ3v) is 5.02. The van der Waals surface area contributed by atoms with Crippen LogP contribution in [0.3, 0.4) is 0 Å². The van der Waals surface area contributed by atoms with E-state index in [0.29, 0.717) is 21.5 Å². The van der Waals surface area contributed by atoms with Crippen LogP contribution in [-0.4, -0.2) is 33.7 Å². The van der Waals surface area contributed by atoms with Crippen LogP contribution in [0.2, 0.25) is 10.0 Å². The van der Waals surface area contributed by atoms with E-state index in [1.54, 1.807) is 18.2 Å². The van der Waals surface area contributed by atoms with Crippen molar-refractivity contribution in [2.45, 2.75) is 11.3 Å². The molecule has 1 N–H and O–H groups in total. The van der Waals surface area contributed by atoms with Gasteiger partial charge in [-0.05, 0) is 24.6 Å². The summed E-state index contributed by atoms with van der Waals surface area (Å²) in [5.41, 5.74) is 0.